The number of aryl methyl sites for hydroxylation is 2. The monoisotopic (exact) mass is 589 g/mol. The van der Waals surface area contributed by atoms with Gasteiger partial charge in [0.15, 0.2) is 0 Å². The van der Waals surface area contributed by atoms with Crippen molar-refractivity contribution in [3.63, 3.8) is 0 Å². The highest BCUT2D eigenvalue weighted by atomic mass is 35.5. The molecule has 0 radical (unpaired) electrons. The van der Waals surface area contributed by atoms with Crippen molar-refractivity contribution < 1.29 is 18.0 Å². The molecular formula is C29H33Cl2N3O4S. The number of hydrogen-bond donors (Lipinski definition) is 1. The third-order valence-electron chi connectivity index (χ3n) is 6.22. The Hall–Kier alpha value is -3.07. The van der Waals surface area contributed by atoms with Crippen molar-refractivity contribution in [2.75, 3.05) is 10.8 Å². The molecule has 0 bridgehead atoms. The summed E-state index contributed by atoms with van der Waals surface area (Å²) in [7, 11) is -4.18. The van der Waals surface area contributed by atoms with Gasteiger partial charge in [-0.05, 0) is 76.1 Å². The standard InChI is InChI=1S/C29H33Cl2N3O4S/c1-19(2)32-29(36)22(5)33(17-23-8-6-7-9-26(23)31)28(35)18-34(27-16-24(30)13-12-21(27)4)39(37,38)25-14-10-20(3)11-15-25/h6-16,19,22H,17-18H2,1-5H3,(H,32,36)/t22-/m0/s1. The highest BCUT2D eigenvalue weighted by molar-refractivity contribution is 7.92. The minimum absolute atomic E-state index is 0.0120. The maximum Gasteiger partial charge on any atom is 0.264 e. The van der Waals surface area contributed by atoms with Crippen LogP contribution in [0, 0.1) is 13.8 Å². The molecule has 0 aliphatic rings. The lowest BCUT2D eigenvalue weighted by Gasteiger charge is -2.33. The molecule has 1 N–H and O–H groups in total. The minimum Gasteiger partial charge on any atom is -0.352 e. The average molecular weight is 591 g/mol. The van der Waals surface area contributed by atoms with Crippen LogP contribution in [0.5, 0.6) is 0 Å². The van der Waals surface area contributed by atoms with Crippen molar-refractivity contribution in [1.82, 2.24) is 10.2 Å². The molecule has 0 saturated heterocycles. The first kappa shape index (κ1) is 30.5. The summed E-state index contributed by atoms with van der Waals surface area (Å²) >= 11 is 12.6. The number of hydrogen-bond acceptors (Lipinski definition) is 4. The summed E-state index contributed by atoms with van der Waals surface area (Å²) in [6, 6.07) is 17.2. The van der Waals surface area contributed by atoms with Crippen molar-refractivity contribution in [1.29, 1.82) is 0 Å². The van der Waals surface area contributed by atoms with Gasteiger partial charge in [0.2, 0.25) is 11.8 Å². The van der Waals surface area contributed by atoms with E-state index in [-0.39, 0.29) is 29.1 Å². The SMILES string of the molecule is Cc1ccc(S(=O)(=O)N(CC(=O)N(Cc2ccccc2Cl)[C@@H](C)C(=O)NC(C)C)c2cc(Cl)ccc2C)cc1. The van der Waals surface area contributed by atoms with E-state index >= 15 is 0 Å². The molecule has 3 rings (SSSR count). The lowest BCUT2D eigenvalue weighted by Crippen LogP contribution is -2.52. The van der Waals surface area contributed by atoms with E-state index in [1.54, 1.807) is 62.4 Å². The summed E-state index contributed by atoms with van der Waals surface area (Å²) < 4.78 is 28.9. The van der Waals surface area contributed by atoms with Gasteiger partial charge in [-0.3, -0.25) is 13.9 Å². The Bertz CT molecular complexity index is 1440. The van der Waals surface area contributed by atoms with Crippen molar-refractivity contribution in [2.24, 2.45) is 0 Å². The zero-order chi connectivity index (χ0) is 28.9. The molecule has 208 valence electrons. The molecule has 10 heteroatoms. The second kappa shape index (κ2) is 12.9. The van der Waals surface area contributed by atoms with Crippen LogP contribution in [0.25, 0.3) is 0 Å². The molecule has 2 amide bonds. The number of amides is 2. The number of halogens is 2. The van der Waals surface area contributed by atoms with Crippen LogP contribution >= 0.6 is 23.2 Å². The van der Waals surface area contributed by atoms with E-state index in [0.717, 1.165) is 9.87 Å². The third kappa shape index (κ3) is 7.53. The van der Waals surface area contributed by atoms with Crippen molar-refractivity contribution in [3.8, 4) is 0 Å². The number of carbonyl (C=O) groups is 2. The van der Waals surface area contributed by atoms with E-state index in [0.29, 0.717) is 21.2 Å². The number of anilines is 1. The van der Waals surface area contributed by atoms with Crippen molar-refractivity contribution in [2.45, 2.75) is 58.1 Å². The van der Waals surface area contributed by atoms with Gasteiger partial charge in [0.25, 0.3) is 10.0 Å². The minimum atomic E-state index is -4.18. The van der Waals surface area contributed by atoms with E-state index in [1.807, 2.05) is 20.8 Å². The maximum atomic E-state index is 14.0. The Kier molecular flexibility index (Phi) is 10.0. The second-order valence-electron chi connectivity index (χ2n) is 9.71. The fourth-order valence-corrected chi connectivity index (χ4v) is 5.83. The van der Waals surface area contributed by atoms with Crippen LogP contribution in [0.4, 0.5) is 5.69 Å². The Balaban J connectivity index is 2.09. The molecule has 39 heavy (non-hydrogen) atoms. The molecule has 0 unspecified atom stereocenters. The van der Waals surface area contributed by atoms with Gasteiger partial charge in [-0.1, -0.05) is 65.2 Å². The van der Waals surface area contributed by atoms with Gasteiger partial charge in [0.1, 0.15) is 12.6 Å². The first-order chi connectivity index (χ1) is 18.3. The summed E-state index contributed by atoms with van der Waals surface area (Å²) in [5, 5.41) is 3.58. The van der Waals surface area contributed by atoms with Crippen molar-refractivity contribution in [3.05, 3.63) is 93.5 Å². The molecular weight excluding hydrogens is 557 g/mol. The molecule has 1 atom stereocenters. The summed E-state index contributed by atoms with van der Waals surface area (Å²) in [5.41, 5.74) is 2.41. The van der Waals surface area contributed by atoms with E-state index in [9.17, 15) is 18.0 Å². The van der Waals surface area contributed by atoms with Crippen LogP contribution in [0.1, 0.15) is 37.5 Å². The number of sulfonamides is 1. The van der Waals surface area contributed by atoms with Crippen LogP contribution < -0.4 is 9.62 Å². The number of rotatable bonds is 10. The van der Waals surface area contributed by atoms with Crippen LogP contribution in [-0.4, -0.2) is 43.8 Å². The molecule has 3 aromatic rings. The first-order valence-electron chi connectivity index (χ1n) is 12.5. The highest BCUT2D eigenvalue weighted by Gasteiger charge is 2.33. The molecule has 0 aromatic heterocycles. The van der Waals surface area contributed by atoms with Gasteiger partial charge < -0.3 is 10.2 Å². The molecule has 0 fully saturated rings. The zero-order valence-electron chi connectivity index (χ0n) is 22.6. The van der Waals surface area contributed by atoms with E-state index < -0.39 is 28.5 Å². The second-order valence-corrected chi connectivity index (χ2v) is 12.4. The Labute approximate surface area is 240 Å². The number of benzene rings is 3. The topological polar surface area (TPSA) is 86.8 Å². The number of nitrogens with one attached hydrogen (secondary N) is 1. The Morgan fingerprint density at radius 3 is 2.18 bits per heavy atom. The third-order valence-corrected chi connectivity index (χ3v) is 8.60. The number of nitrogens with zero attached hydrogens (tertiary/aromatic N) is 2. The van der Waals surface area contributed by atoms with Gasteiger partial charge in [-0.25, -0.2) is 8.42 Å². The average Bonchev–Trinajstić information content (AvgIpc) is 2.87. The predicted molar refractivity (Wildman–Crippen MR) is 157 cm³/mol. The lowest BCUT2D eigenvalue weighted by atomic mass is 10.1. The summed E-state index contributed by atoms with van der Waals surface area (Å²) in [5.74, 6) is -0.936. The Morgan fingerprint density at radius 2 is 1.56 bits per heavy atom. The Morgan fingerprint density at radius 1 is 0.923 bits per heavy atom. The maximum absolute atomic E-state index is 14.0. The molecule has 7 nitrogen and oxygen atoms in total. The fraction of sp³-hybridized carbons (Fsp3) is 0.310. The molecule has 3 aromatic carbocycles. The van der Waals surface area contributed by atoms with Crippen LogP contribution in [0.15, 0.2) is 71.6 Å². The van der Waals surface area contributed by atoms with Crippen LogP contribution in [0.2, 0.25) is 10.0 Å². The van der Waals surface area contributed by atoms with Gasteiger partial charge in [0.05, 0.1) is 10.6 Å². The summed E-state index contributed by atoms with van der Waals surface area (Å²) in [6.07, 6.45) is 0. The first-order valence-corrected chi connectivity index (χ1v) is 14.7. The van der Waals surface area contributed by atoms with Gasteiger partial charge in [0, 0.05) is 22.6 Å². The summed E-state index contributed by atoms with van der Waals surface area (Å²) in [4.78, 5) is 28.3. The van der Waals surface area contributed by atoms with Gasteiger partial charge in [-0.2, -0.15) is 0 Å². The van der Waals surface area contributed by atoms with Crippen molar-refractivity contribution >= 4 is 50.7 Å². The zero-order valence-corrected chi connectivity index (χ0v) is 24.9. The molecule has 0 heterocycles. The quantitative estimate of drug-likeness (QED) is 0.326. The summed E-state index contributed by atoms with van der Waals surface area (Å²) in [6.45, 7) is 8.31. The highest BCUT2D eigenvalue weighted by Crippen LogP contribution is 2.30. The lowest BCUT2D eigenvalue weighted by molar-refractivity contribution is -0.139. The predicted octanol–water partition coefficient (Wildman–Crippen LogP) is 5.75. The van der Waals surface area contributed by atoms with E-state index in [1.165, 1.54) is 23.1 Å². The fourth-order valence-electron chi connectivity index (χ4n) is 4.00. The molecule has 0 aliphatic carbocycles. The van der Waals surface area contributed by atoms with Crippen LogP contribution in [0.3, 0.4) is 0 Å². The largest absolute Gasteiger partial charge is 0.352 e. The normalized spacial score (nSPS) is 12.2. The van der Waals surface area contributed by atoms with Gasteiger partial charge in [-0.15, -0.1) is 0 Å². The van der Waals surface area contributed by atoms with Crippen LogP contribution in [-0.2, 0) is 26.2 Å². The molecule has 0 aliphatic heterocycles. The van der Waals surface area contributed by atoms with E-state index in [4.69, 9.17) is 23.2 Å². The number of carbonyl (C=O) groups excluding carboxylic acids is 2. The van der Waals surface area contributed by atoms with E-state index in [2.05, 4.69) is 5.32 Å². The van der Waals surface area contributed by atoms with Gasteiger partial charge >= 0.3 is 0 Å². The molecule has 0 saturated carbocycles. The molecule has 0 spiro atoms. The smallest absolute Gasteiger partial charge is 0.264 e.